The van der Waals surface area contributed by atoms with Crippen LogP contribution in [0.4, 0.5) is 11.5 Å². The van der Waals surface area contributed by atoms with E-state index < -0.39 is 17.2 Å². The molecule has 8 nitrogen and oxygen atoms in total. The van der Waals surface area contributed by atoms with E-state index in [9.17, 15) is 14.4 Å². The Kier molecular flexibility index (Phi) is 7.60. The van der Waals surface area contributed by atoms with E-state index in [1.165, 1.54) is 9.47 Å². The number of carbonyl (C=O) groups excluding carboxylic acids is 1. The lowest BCUT2D eigenvalue weighted by Crippen LogP contribution is -2.44. The molecule has 0 saturated heterocycles. The third-order valence-electron chi connectivity index (χ3n) is 5.00. The van der Waals surface area contributed by atoms with Gasteiger partial charge in [0.25, 0.3) is 11.5 Å². The monoisotopic (exact) mass is 470 g/mol. The number of anilines is 2. The number of nitrogens with zero attached hydrogens (tertiary/aromatic N) is 2. The summed E-state index contributed by atoms with van der Waals surface area (Å²) >= 11 is 5.98. The predicted octanol–water partition coefficient (Wildman–Crippen LogP) is 3.20. The second kappa shape index (κ2) is 10.4. The molecule has 0 spiro atoms. The van der Waals surface area contributed by atoms with Crippen LogP contribution in [0.1, 0.15) is 25.0 Å². The van der Waals surface area contributed by atoms with E-state index in [-0.39, 0.29) is 37.1 Å². The van der Waals surface area contributed by atoms with E-state index in [4.69, 9.17) is 22.1 Å². The maximum atomic E-state index is 13.2. The van der Waals surface area contributed by atoms with Gasteiger partial charge in [-0.1, -0.05) is 55.8 Å². The van der Waals surface area contributed by atoms with Crippen molar-refractivity contribution in [2.24, 2.45) is 5.92 Å². The zero-order valence-corrected chi connectivity index (χ0v) is 19.6. The molecule has 2 aromatic carbocycles. The van der Waals surface area contributed by atoms with Crippen LogP contribution in [0.5, 0.6) is 5.75 Å². The van der Waals surface area contributed by atoms with Crippen molar-refractivity contribution in [3.63, 3.8) is 0 Å². The fraction of sp³-hybridized carbons (Fsp3) is 0.292. The van der Waals surface area contributed by atoms with Crippen LogP contribution in [0.3, 0.4) is 0 Å². The molecule has 0 atom stereocenters. The van der Waals surface area contributed by atoms with Gasteiger partial charge in [-0.25, -0.2) is 4.79 Å². The van der Waals surface area contributed by atoms with E-state index in [2.05, 4.69) is 4.98 Å². The van der Waals surface area contributed by atoms with E-state index in [0.29, 0.717) is 10.8 Å². The number of rotatable bonds is 8. The Morgan fingerprint density at radius 2 is 1.88 bits per heavy atom. The molecule has 3 rings (SSSR count). The molecule has 0 radical (unpaired) electrons. The zero-order chi connectivity index (χ0) is 24.1. The lowest BCUT2D eigenvalue weighted by Gasteiger charge is -2.26. The first-order chi connectivity index (χ1) is 15.7. The Hall–Kier alpha value is -3.52. The lowest BCUT2D eigenvalue weighted by molar-refractivity contribution is -0.120. The first-order valence-electron chi connectivity index (χ1n) is 10.5. The number of nitrogens with one attached hydrogen (secondary N) is 1. The molecule has 0 saturated carbocycles. The average Bonchev–Trinajstić information content (AvgIpc) is 2.75. The van der Waals surface area contributed by atoms with Crippen LogP contribution >= 0.6 is 11.6 Å². The minimum atomic E-state index is -0.724. The molecule has 0 bridgehead atoms. The number of ether oxygens (including phenoxy) is 1. The molecule has 1 heterocycles. The van der Waals surface area contributed by atoms with Gasteiger partial charge in [-0.3, -0.25) is 19.1 Å². The topological polar surface area (TPSA) is 110 Å². The summed E-state index contributed by atoms with van der Waals surface area (Å²) < 4.78 is 6.94. The number of nitrogen functional groups attached to an aromatic ring is 1. The molecule has 0 aliphatic carbocycles. The largest absolute Gasteiger partial charge is 0.483 e. The van der Waals surface area contributed by atoms with Crippen molar-refractivity contribution < 1.29 is 9.53 Å². The Labute approximate surface area is 196 Å². The number of aryl methyl sites for hydroxylation is 1. The molecule has 9 heteroatoms. The first kappa shape index (κ1) is 24.1. The van der Waals surface area contributed by atoms with Crippen molar-refractivity contribution in [1.29, 1.82) is 0 Å². The van der Waals surface area contributed by atoms with Gasteiger partial charge in [-0.2, -0.15) is 0 Å². The lowest BCUT2D eigenvalue weighted by atomic mass is 10.2. The van der Waals surface area contributed by atoms with Crippen molar-refractivity contribution in [3.8, 4) is 5.75 Å². The molecule has 33 heavy (non-hydrogen) atoms. The highest BCUT2D eigenvalue weighted by Crippen LogP contribution is 2.23. The zero-order valence-electron chi connectivity index (χ0n) is 18.8. The van der Waals surface area contributed by atoms with Crippen molar-refractivity contribution >= 4 is 29.0 Å². The fourth-order valence-corrected chi connectivity index (χ4v) is 3.66. The summed E-state index contributed by atoms with van der Waals surface area (Å²) in [5, 5.41) is 0.563. The summed E-state index contributed by atoms with van der Waals surface area (Å²) in [5.74, 6) is -0.00266. The van der Waals surface area contributed by atoms with Crippen LogP contribution in [0.2, 0.25) is 5.02 Å². The highest BCUT2D eigenvalue weighted by atomic mass is 35.5. The molecule has 3 aromatic rings. The smallest absolute Gasteiger partial charge is 0.330 e. The maximum Gasteiger partial charge on any atom is 0.330 e. The number of hydrogen-bond acceptors (Lipinski definition) is 5. The number of carbonyl (C=O) groups is 1. The molecule has 1 amide bonds. The summed E-state index contributed by atoms with van der Waals surface area (Å²) in [7, 11) is 0. The van der Waals surface area contributed by atoms with Gasteiger partial charge in [0.2, 0.25) is 0 Å². The molecule has 174 valence electrons. The van der Waals surface area contributed by atoms with Crippen molar-refractivity contribution in [1.82, 2.24) is 9.55 Å². The number of benzene rings is 2. The third-order valence-corrected chi connectivity index (χ3v) is 5.24. The van der Waals surface area contributed by atoms with Gasteiger partial charge >= 0.3 is 5.69 Å². The van der Waals surface area contributed by atoms with E-state index in [1.54, 1.807) is 18.2 Å². The van der Waals surface area contributed by atoms with Crippen molar-refractivity contribution in [3.05, 3.63) is 85.5 Å². The van der Waals surface area contributed by atoms with Crippen LogP contribution in [-0.4, -0.2) is 28.6 Å². The van der Waals surface area contributed by atoms with Gasteiger partial charge in [0.1, 0.15) is 11.6 Å². The highest BCUT2D eigenvalue weighted by molar-refractivity contribution is 6.30. The number of aromatic nitrogens is 2. The molecular weight excluding hydrogens is 444 g/mol. The Morgan fingerprint density at radius 1 is 1.18 bits per heavy atom. The van der Waals surface area contributed by atoms with Crippen LogP contribution in [0, 0.1) is 12.8 Å². The summed E-state index contributed by atoms with van der Waals surface area (Å²) in [5.41, 5.74) is 6.46. The number of nitrogens with two attached hydrogens (primary N) is 1. The Balaban J connectivity index is 1.95. The summed E-state index contributed by atoms with van der Waals surface area (Å²) in [4.78, 5) is 42.0. The Morgan fingerprint density at radius 3 is 2.52 bits per heavy atom. The fourth-order valence-electron chi connectivity index (χ4n) is 3.44. The molecule has 0 aliphatic rings. The SMILES string of the molecule is Cc1cc(Cl)ccc1OCC(=O)N(CC(C)C)c1c(N)n(Cc2ccccc2)c(=O)[nH]c1=O. The molecule has 3 N–H and O–H groups in total. The van der Waals surface area contributed by atoms with Crippen LogP contribution in [0.25, 0.3) is 0 Å². The van der Waals surface area contributed by atoms with Gasteiger partial charge in [-0.15, -0.1) is 0 Å². The van der Waals surface area contributed by atoms with Crippen molar-refractivity contribution in [2.45, 2.75) is 27.3 Å². The molecule has 0 unspecified atom stereocenters. The number of halogens is 1. The van der Waals surface area contributed by atoms with Crippen LogP contribution in [0.15, 0.2) is 58.1 Å². The van der Waals surface area contributed by atoms with Gasteiger partial charge in [0.15, 0.2) is 12.3 Å². The summed E-state index contributed by atoms with van der Waals surface area (Å²) in [6, 6.07) is 14.3. The third kappa shape index (κ3) is 5.84. The first-order valence-corrected chi connectivity index (χ1v) is 10.9. The quantitative estimate of drug-likeness (QED) is 0.525. The molecule has 1 aromatic heterocycles. The second-order valence-electron chi connectivity index (χ2n) is 8.16. The predicted molar refractivity (Wildman–Crippen MR) is 130 cm³/mol. The minimum Gasteiger partial charge on any atom is -0.483 e. The minimum absolute atomic E-state index is 0.0273. The average molecular weight is 471 g/mol. The van der Waals surface area contributed by atoms with E-state index in [0.717, 1.165) is 11.1 Å². The van der Waals surface area contributed by atoms with Crippen LogP contribution < -0.4 is 26.6 Å². The van der Waals surface area contributed by atoms with Gasteiger partial charge < -0.3 is 15.4 Å². The number of amides is 1. The van der Waals surface area contributed by atoms with E-state index in [1.807, 2.05) is 51.1 Å². The van der Waals surface area contributed by atoms with Crippen molar-refractivity contribution in [2.75, 3.05) is 23.8 Å². The van der Waals surface area contributed by atoms with Gasteiger partial charge in [0.05, 0.1) is 6.54 Å². The Bertz CT molecular complexity index is 1250. The maximum absolute atomic E-state index is 13.2. The second-order valence-corrected chi connectivity index (χ2v) is 8.60. The number of hydrogen-bond donors (Lipinski definition) is 2. The number of aromatic amines is 1. The molecular formula is C24H27ClN4O4. The summed E-state index contributed by atoms with van der Waals surface area (Å²) in [6.07, 6.45) is 0. The normalized spacial score (nSPS) is 10.9. The van der Waals surface area contributed by atoms with Gasteiger partial charge in [0, 0.05) is 11.6 Å². The summed E-state index contributed by atoms with van der Waals surface area (Å²) in [6.45, 7) is 5.70. The van der Waals surface area contributed by atoms with Gasteiger partial charge in [-0.05, 0) is 42.2 Å². The van der Waals surface area contributed by atoms with E-state index >= 15 is 0 Å². The molecule has 0 aliphatic heterocycles. The highest BCUT2D eigenvalue weighted by Gasteiger charge is 2.25. The molecule has 0 fully saturated rings. The standard InChI is InChI=1S/C24H27ClN4O4/c1-15(2)12-28(20(30)14-33-19-10-9-18(25)11-16(19)3)21-22(26)29(24(32)27-23(21)31)13-17-7-5-4-6-8-17/h4-11,15H,12-14,26H2,1-3H3,(H,27,31,32). The van der Waals surface area contributed by atoms with Crippen LogP contribution in [-0.2, 0) is 11.3 Å². The number of H-pyrrole nitrogens is 1.